The lowest BCUT2D eigenvalue weighted by Crippen LogP contribution is -2.20. The number of rotatable bonds is 7. The zero-order valence-corrected chi connectivity index (χ0v) is 20.5. The number of benzene rings is 4. The quantitative estimate of drug-likeness (QED) is 0.281. The summed E-state index contributed by atoms with van der Waals surface area (Å²) in [6, 6.07) is 27.9. The predicted octanol–water partition coefficient (Wildman–Crippen LogP) is 5.26. The molecule has 8 heteroatoms. The largest absolute Gasteiger partial charge is 0.493 e. The van der Waals surface area contributed by atoms with E-state index in [9.17, 15) is 4.79 Å². The van der Waals surface area contributed by atoms with Crippen molar-refractivity contribution in [3.05, 3.63) is 112 Å². The summed E-state index contributed by atoms with van der Waals surface area (Å²) >= 11 is 0. The van der Waals surface area contributed by atoms with Gasteiger partial charge in [0, 0.05) is 11.1 Å². The molecule has 0 fully saturated rings. The van der Waals surface area contributed by atoms with E-state index in [4.69, 9.17) is 23.9 Å². The first-order valence-electron chi connectivity index (χ1n) is 12.0. The van der Waals surface area contributed by atoms with Gasteiger partial charge in [0.05, 0.1) is 24.2 Å². The SMILES string of the molecule is COc1cccc(C=Nn2c(-c3ccccc3)nc3ccccc3c2=O)c1OCc1ccc2c(c1)OCO2. The zero-order chi connectivity index (χ0) is 25.9. The molecule has 0 spiro atoms. The highest BCUT2D eigenvalue weighted by molar-refractivity contribution is 5.86. The van der Waals surface area contributed by atoms with Crippen LogP contribution in [0.5, 0.6) is 23.0 Å². The fourth-order valence-corrected chi connectivity index (χ4v) is 4.26. The molecule has 1 aliphatic heterocycles. The Morgan fingerprint density at radius 3 is 2.63 bits per heavy atom. The Morgan fingerprint density at radius 1 is 0.947 bits per heavy atom. The van der Waals surface area contributed by atoms with Crippen LogP contribution in [0.15, 0.2) is 101 Å². The molecule has 0 unspecified atom stereocenters. The first-order valence-corrected chi connectivity index (χ1v) is 12.0. The molecular formula is C30H23N3O5. The van der Waals surface area contributed by atoms with Crippen molar-refractivity contribution in [2.45, 2.75) is 6.61 Å². The molecular weight excluding hydrogens is 482 g/mol. The molecule has 0 radical (unpaired) electrons. The fourth-order valence-electron chi connectivity index (χ4n) is 4.26. The normalized spacial score (nSPS) is 12.2. The minimum Gasteiger partial charge on any atom is -0.493 e. The van der Waals surface area contributed by atoms with Crippen molar-refractivity contribution in [2.24, 2.45) is 5.10 Å². The third-order valence-electron chi connectivity index (χ3n) is 6.15. The first kappa shape index (κ1) is 23.3. The Kier molecular flexibility index (Phi) is 6.19. The first-order chi connectivity index (χ1) is 18.7. The van der Waals surface area contributed by atoms with Gasteiger partial charge in [-0.2, -0.15) is 9.78 Å². The van der Waals surface area contributed by atoms with Gasteiger partial charge in [0.25, 0.3) is 5.56 Å². The van der Waals surface area contributed by atoms with E-state index in [1.54, 1.807) is 19.4 Å². The van der Waals surface area contributed by atoms with Crippen LogP contribution in [-0.2, 0) is 6.61 Å². The van der Waals surface area contributed by atoms with Gasteiger partial charge in [0.1, 0.15) is 6.61 Å². The molecule has 1 aliphatic rings. The molecule has 0 saturated carbocycles. The van der Waals surface area contributed by atoms with E-state index in [0.29, 0.717) is 45.3 Å². The van der Waals surface area contributed by atoms with Crippen LogP contribution in [0.2, 0.25) is 0 Å². The lowest BCUT2D eigenvalue weighted by molar-refractivity contribution is 0.174. The van der Waals surface area contributed by atoms with Crippen molar-refractivity contribution in [3.8, 4) is 34.4 Å². The Bertz CT molecular complexity index is 1710. The second kappa shape index (κ2) is 10.1. The summed E-state index contributed by atoms with van der Waals surface area (Å²) in [5.74, 6) is 2.88. The monoisotopic (exact) mass is 505 g/mol. The molecule has 0 bridgehead atoms. The third kappa shape index (κ3) is 4.43. The van der Waals surface area contributed by atoms with Crippen LogP contribution >= 0.6 is 0 Å². The zero-order valence-electron chi connectivity index (χ0n) is 20.5. The number of ether oxygens (including phenoxy) is 4. The predicted molar refractivity (Wildman–Crippen MR) is 144 cm³/mol. The fraction of sp³-hybridized carbons (Fsp3) is 0.100. The van der Waals surface area contributed by atoms with E-state index in [-0.39, 0.29) is 19.0 Å². The summed E-state index contributed by atoms with van der Waals surface area (Å²) < 4.78 is 23.9. The summed E-state index contributed by atoms with van der Waals surface area (Å²) in [7, 11) is 1.58. The van der Waals surface area contributed by atoms with E-state index in [1.165, 1.54) is 4.68 Å². The summed E-state index contributed by atoms with van der Waals surface area (Å²) in [6.07, 6.45) is 1.59. The van der Waals surface area contributed by atoms with Crippen molar-refractivity contribution in [1.82, 2.24) is 9.66 Å². The topological polar surface area (TPSA) is 84.2 Å². The molecule has 0 N–H and O–H groups in total. The molecule has 0 atom stereocenters. The van der Waals surface area contributed by atoms with Crippen LogP contribution in [0.25, 0.3) is 22.3 Å². The minimum atomic E-state index is -0.267. The number of nitrogens with zero attached hydrogens (tertiary/aromatic N) is 3. The molecule has 0 saturated heterocycles. The Hall–Kier alpha value is -5.11. The highest BCUT2D eigenvalue weighted by Gasteiger charge is 2.16. The Balaban J connectivity index is 1.39. The Labute approximate surface area is 218 Å². The minimum absolute atomic E-state index is 0.209. The lowest BCUT2D eigenvalue weighted by atomic mass is 10.2. The molecule has 0 amide bonds. The summed E-state index contributed by atoms with van der Waals surface area (Å²) in [6.45, 7) is 0.478. The molecule has 0 aliphatic carbocycles. The molecule has 8 nitrogen and oxygen atoms in total. The molecule has 5 aromatic rings. The molecule has 2 heterocycles. The highest BCUT2D eigenvalue weighted by atomic mass is 16.7. The van der Waals surface area contributed by atoms with Gasteiger partial charge in [0.2, 0.25) is 6.79 Å². The highest BCUT2D eigenvalue weighted by Crippen LogP contribution is 2.34. The van der Waals surface area contributed by atoms with Crippen LogP contribution in [0.4, 0.5) is 0 Å². The van der Waals surface area contributed by atoms with Crippen LogP contribution < -0.4 is 24.5 Å². The van der Waals surface area contributed by atoms with Gasteiger partial charge in [-0.3, -0.25) is 4.79 Å². The van der Waals surface area contributed by atoms with Gasteiger partial charge in [0.15, 0.2) is 28.8 Å². The number of aromatic nitrogens is 2. The van der Waals surface area contributed by atoms with E-state index in [0.717, 1.165) is 11.1 Å². The Morgan fingerprint density at radius 2 is 1.76 bits per heavy atom. The van der Waals surface area contributed by atoms with Crippen molar-refractivity contribution >= 4 is 17.1 Å². The maximum atomic E-state index is 13.5. The maximum Gasteiger partial charge on any atom is 0.282 e. The van der Waals surface area contributed by atoms with E-state index >= 15 is 0 Å². The van der Waals surface area contributed by atoms with Gasteiger partial charge in [-0.25, -0.2) is 4.98 Å². The molecule has 188 valence electrons. The van der Waals surface area contributed by atoms with Crippen LogP contribution in [0.3, 0.4) is 0 Å². The molecule has 6 rings (SSSR count). The number of para-hydroxylation sites is 2. The van der Waals surface area contributed by atoms with Gasteiger partial charge >= 0.3 is 0 Å². The van der Waals surface area contributed by atoms with Gasteiger partial charge in [-0.15, -0.1) is 0 Å². The molecule has 1 aromatic heterocycles. The third-order valence-corrected chi connectivity index (χ3v) is 6.15. The van der Waals surface area contributed by atoms with E-state index in [1.807, 2.05) is 84.9 Å². The standard InChI is InChI=1S/C30H23N3O5/c1-35-26-13-7-10-22(28(26)36-18-20-14-15-25-27(16-20)38-19-37-25)17-31-33-29(21-8-3-2-4-9-21)32-24-12-6-5-11-23(24)30(33)34/h2-17H,18-19H2,1H3. The maximum absolute atomic E-state index is 13.5. The number of hydrogen-bond acceptors (Lipinski definition) is 7. The van der Waals surface area contributed by atoms with Gasteiger partial charge in [-0.1, -0.05) is 54.6 Å². The number of hydrogen-bond donors (Lipinski definition) is 0. The van der Waals surface area contributed by atoms with Crippen molar-refractivity contribution in [3.63, 3.8) is 0 Å². The summed E-state index contributed by atoms with van der Waals surface area (Å²) in [5, 5.41) is 5.07. The van der Waals surface area contributed by atoms with Crippen LogP contribution in [0, 0.1) is 0 Å². The average molecular weight is 506 g/mol. The van der Waals surface area contributed by atoms with Gasteiger partial charge in [-0.05, 0) is 42.0 Å². The van der Waals surface area contributed by atoms with Crippen molar-refractivity contribution < 1.29 is 18.9 Å². The average Bonchev–Trinajstić information content (AvgIpc) is 3.44. The van der Waals surface area contributed by atoms with E-state index in [2.05, 4.69) is 5.10 Å². The second-order valence-corrected chi connectivity index (χ2v) is 8.54. The van der Waals surface area contributed by atoms with Crippen LogP contribution in [-0.4, -0.2) is 29.8 Å². The van der Waals surface area contributed by atoms with Crippen LogP contribution in [0.1, 0.15) is 11.1 Å². The van der Waals surface area contributed by atoms with Crippen molar-refractivity contribution in [2.75, 3.05) is 13.9 Å². The van der Waals surface area contributed by atoms with E-state index < -0.39 is 0 Å². The molecule has 38 heavy (non-hydrogen) atoms. The number of methoxy groups -OCH3 is 1. The second-order valence-electron chi connectivity index (χ2n) is 8.54. The number of fused-ring (bicyclic) bond motifs is 2. The summed E-state index contributed by atoms with van der Waals surface area (Å²) in [5.41, 5.74) is 2.67. The smallest absolute Gasteiger partial charge is 0.282 e. The molecule has 4 aromatic carbocycles. The summed E-state index contributed by atoms with van der Waals surface area (Å²) in [4.78, 5) is 18.2. The lowest BCUT2D eigenvalue weighted by Gasteiger charge is -2.14. The van der Waals surface area contributed by atoms with Gasteiger partial charge < -0.3 is 18.9 Å². The van der Waals surface area contributed by atoms with Crippen molar-refractivity contribution in [1.29, 1.82) is 0 Å².